The Kier molecular flexibility index (Phi) is 3.65. The zero-order valence-electron chi connectivity index (χ0n) is 13.6. The van der Waals surface area contributed by atoms with Gasteiger partial charge in [-0.05, 0) is 47.4 Å². The number of fused-ring (bicyclic) bond motifs is 1. The largest absolute Gasteiger partial charge is 0.506 e. The first kappa shape index (κ1) is 15.3. The molecule has 1 heterocycles. The van der Waals surface area contributed by atoms with Gasteiger partial charge in [-0.3, -0.25) is 4.79 Å². The van der Waals surface area contributed by atoms with Crippen LogP contribution in [0.25, 0.3) is 11.1 Å². The molecular weight excluding hydrogens is 312 g/mol. The molecule has 0 bridgehead atoms. The number of aromatic hydroxyl groups is 1. The number of hydrogen-bond donors (Lipinski definition) is 2. The van der Waals surface area contributed by atoms with Gasteiger partial charge < -0.3 is 15.7 Å². The third kappa shape index (κ3) is 2.72. The lowest BCUT2D eigenvalue weighted by atomic mass is 9.94. The maximum atomic E-state index is 12.9. The third-order valence-corrected chi connectivity index (χ3v) is 4.62. The normalized spacial score (nSPS) is 13.6. The molecule has 0 aromatic heterocycles. The Balaban J connectivity index is 1.68. The summed E-state index contributed by atoms with van der Waals surface area (Å²) in [5.74, 6) is -0.00735. The van der Waals surface area contributed by atoms with Crippen LogP contribution in [0, 0.1) is 0 Å². The second-order valence-corrected chi connectivity index (χ2v) is 6.19. The first-order valence-corrected chi connectivity index (χ1v) is 8.22. The van der Waals surface area contributed by atoms with Crippen molar-refractivity contribution in [1.29, 1.82) is 0 Å². The van der Waals surface area contributed by atoms with E-state index in [9.17, 15) is 9.90 Å². The number of amides is 1. The van der Waals surface area contributed by atoms with E-state index in [1.807, 2.05) is 30.3 Å². The molecule has 4 rings (SSSR count). The van der Waals surface area contributed by atoms with Gasteiger partial charge in [0.05, 0.1) is 5.69 Å². The van der Waals surface area contributed by atoms with Crippen LogP contribution in [0.3, 0.4) is 0 Å². The van der Waals surface area contributed by atoms with Crippen LogP contribution in [-0.2, 0) is 6.42 Å². The van der Waals surface area contributed by atoms with Crippen LogP contribution >= 0.6 is 0 Å². The number of carbonyl (C=O) groups excluding carboxylic acids is 1. The second kappa shape index (κ2) is 5.98. The molecule has 0 atom stereocenters. The Hall–Kier alpha value is -3.27. The summed E-state index contributed by atoms with van der Waals surface area (Å²) < 4.78 is 0. The molecule has 25 heavy (non-hydrogen) atoms. The summed E-state index contributed by atoms with van der Waals surface area (Å²) >= 11 is 0. The fourth-order valence-electron chi connectivity index (χ4n) is 3.25. The summed E-state index contributed by atoms with van der Waals surface area (Å²) in [6.45, 7) is 0.592. The molecule has 0 spiro atoms. The summed E-state index contributed by atoms with van der Waals surface area (Å²) in [4.78, 5) is 14.6. The van der Waals surface area contributed by atoms with Gasteiger partial charge in [-0.2, -0.15) is 0 Å². The molecule has 0 fully saturated rings. The van der Waals surface area contributed by atoms with E-state index in [-0.39, 0.29) is 17.3 Å². The number of carbonyl (C=O) groups is 1. The highest BCUT2D eigenvalue weighted by molar-refractivity contribution is 6.08. The lowest BCUT2D eigenvalue weighted by Crippen LogP contribution is -2.37. The first-order valence-electron chi connectivity index (χ1n) is 8.22. The average Bonchev–Trinajstić information content (AvgIpc) is 2.65. The number of rotatable bonds is 2. The zero-order chi connectivity index (χ0) is 17.4. The smallest absolute Gasteiger partial charge is 0.258 e. The minimum Gasteiger partial charge on any atom is -0.506 e. The van der Waals surface area contributed by atoms with E-state index < -0.39 is 0 Å². The van der Waals surface area contributed by atoms with Gasteiger partial charge in [0.2, 0.25) is 0 Å². The summed E-state index contributed by atoms with van der Waals surface area (Å²) in [7, 11) is 0. The molecule has 4 nitrogen and oxygen atoms in total. The van der Waals surface area contributed by atoms with Gasteiger partial charge in [0.1, 0.15) is 5.75 Å². The molecule has 1 aliphatic heterocycles. The summed E-state index contributed by atoms with van der Waals surface area (Å²) in [6.07, 6.45) is 0.780. The van der Waals surface area contributed by atoms with Crippen LogP contribution in [0.4, 0.5) is 11.4 Å². The molecule has 3 aromatic rings. The number of benzene rings is 3. The topological polar surface area (TPSA) is 66.6 Å². The van der Waals surface area contributed by atoms with Gasteiger partial charge in [0.15, 0.2) is 0 Å². The van der Waals surface area contributed by atoms with Crippen LogP contribution < -0.4 is 10.6 Å². The fraction of sp³-hybridized carbons (Fsp3) is 0.0952. The predicted octanol–water partition coefficient (Wildman–Crippen LogP) is 3.84. The third-order valence-electron chi connectivity index (χ3n) is 4.62. The highest BCUT2D eigenvalue weighted by atomic mass is 16.3. The molecule has 1 amide bonds. The van der Waals surface area contributed by atoms with Gasteiger partial charge in [-0.1, -0.05) is 42.5 Å². The van der Waals surface area contributed by atoms with Gasteiger partial charge >= 0.3 is 0 Å². The van der Waals surface area contributed by atoms with Crippen molar-refractivity contribution in [1.82, 2.24) is 0 Å². The van der Waals surface area contributed by atoms with Crippen LogP contribution in [0.15, 0.2) is 66.7 Å². The molecule has 0 saturated heterocycles. The number of hydrogen-bond acceptors (Lipinski definition) is 3. The molecule has 3 N–H and O–H groups in total. The Morgan fingerprint density at radius 2 is 1.72 bits per heavy atom. The van der Waals surface area contributed by atoms with Crippen LogP contribution in [0.2, 0.25) is 0 Å². The van der Waals surface area contributed by atoms with Gasteiger partial charge in [0, 0.05) is 17.8 Å². The molecule has 3 aromatic carbocycles. The Morgan fingerprint density at radius 1 is 0.920 bits per heavy atom. The molecule has 0 unspecified atom stereocenters. The van der Waals surface area contributed by atoms with E-state index in [0.717, 1.165) is 28.7 Å². The number of phenols is 1. The predicted molar refractivity (Wildman–Crippen MR) is 99.8 cm³/mol. The zero-order valence-corrected chi connectivity index (χ0v) is 13.6. The van der Waals surface area contributed by atoms with Gasteiger partial charge in [-0.25, -0.2) is 0 Å². The summed E-state index contributed by atoms with van der Waals surface area (Å²) in [5, 5.41) is 9.58. The highest BCUT2D eigenvalue weighted by Crippen LogP contribution is 2.31. The van der Waals surface area contributed by atoms with Crippen molar-refractivity contribution in [3.63, 3.8) is 0 Å². The number of nitrogens with two attached hydrogens (primary N) is 1. The molecular formula is C21H18N2O2. The van der Waals surface area contributed by atoms with Crippen molar-refractivity contribution in [2.24, 2.45) is 0 Å². The van der Waals surface area contributed by atoms with Crippen molar-refractivity contribution in [2.75, 3.05) is 17.2 Å². The highest BCUT2D eigenvalue weighted by Gasteiger charge is 2.26. The number of phenolic OH excluding ortho intramolecular Hbond substituents is 1. The summed E-state index contributed by atoms with van der Waals surface area (Å²) in [5.41, 5.74) is 10.8. The molecule has 124 valence electrons. The Bertz CT molecular complexity index is 951. The van der Waals surface area contributed by atoms with Crippen molar-refractivity contribution < 1.29 is 9.90 Å². The monoisotopic (exact) mass is 330 g/mol. The Labute approximate surface area is 146 Å². The first-order chi connectivity index (χ1) is 12.1. The lowest BCUT2D eigenvalue weighted by Gasteiger charge is -2.29. The van der Waals surface area contributed by atoms with Crippen molar-refractivity contribution in [2.45, 2.75) is 6.42 Å². The average molecular weight is 330 g/mol. The molecule has 0 radical (unpaired) electrons. The number of nitrogens with zero attached hydrogens (tertiary/aromatic N) is 1. The maximum absolute atomic E-state index is 12.9. The maximum Gasteiger partial charge on any atom is 0.258 e. The lowest BCUT2D eigenvalue weighted by molar-refractivity contribution is 0.0980. The van der Waals surface area contributed by atoms with Gasteiger partial charge in [0.25, 0.3) is 5.91 Å². The van der Waals surface area contributed by atoms with E-state index in [2.05, 4.69) is 18.2 Å². The molecule has 0 aliphatic carbocycles. The molecule has 4 heteroatoms. The molecule has 1 aliphatic rings. The minimum atomic E-state index is -0.0362. The SMILES string of the molecule is Nc1cc(N2CCc3cc(-c4ccccc4)ccc3C2=O)ccc1O. The fourth-order valence-corrected chi connectivity index (χ4v) is 3.25. The number of anilines is 2. The van der Waals surface area contributed by atoms with Crippen molar-refractivity contribution >= 4 is 17.3 Å². The van der Waals surface area contributed by atoms with E-state index in [1.165, 1.54) is 6.07 Å². The Morgan fingerprint density at radius 3 is 2.48 bits per heavy atom. The molecule has 0 saturated carbocycles. The van der Waals surface area contributed by atoms with Crippen LogP contribution in [0.1, 0.15) is 15.9 Å². The number of nitrogen functional groups attached to an aromatic ring is 1. The van der Waals surface area contributed by atoms with E-state index >= 15 is 0 Å². The van der Waals surface area contributed by atoms with E-state index in [0.29, 0.717) is 12.2 Å². The standard InChI is InChI=1S/C21H18N2O2/c22-19-13-17(7-9-20(19)24)23-11-10-16-12-15(6-8-18(16)21(23)25)14-4-2-1-3-5-14/h1-9,12-13,24H,10-11,22H2. The minimum absolute atomic E-state index is 0.0288. The van der Waals surface area contributed by atoms with Gasteiger partial charge in [-0.15, -0.1) is 0 Å². The van der Waals surface area contributed by atoms with Crippen molar-refractivity contribution in [3.8, 4) is 16.9 Å². The quantitative estimate of drug-likeness (QED) is 0.554. The second-order valence-electron chi connectivity index (χ2n) is 6.19. The van der Waals surface area contributed by atoms with Crippen LogP contribution in [-0.4, -0.2) is 17.6 Å². The van der Waals surface area contributed by atoms with Crippen molar-refractivity contribution in [3.05, 3.63) is 77.9 Å². The van der Waals surface area contributed by atoms with Crippen LogP contribution in [0.5, 0.6) is 5.75 Å². The van der Waals surface area contributed by atoms with E-state index in [1.54, 1.807) is 17.0 Å². The van der Waals surface area contributed by atoms with E-state index in [4.69, 9.17) is 5.73 Å². The summed E-state index contributed by atoms with van der Waals surface area (Å²) in [6, 6.07) is 21.0.